The largest absolute Gasteiger partial charge is 0.573 e. The highest BCUT2D eigenvalue weighted by Crippen LogP contribution is 2.38. The third-order valence-corrected chi connectivity index (χ3v) is 8.78. The second-order valence-corrected chi connectivity index (χ2v) is 11.9. The van der Waals surface area contributed by atoms with Crippen LogP contribution in [0.5, 0.6) is 5.75 Å². The lowest BCUT2D eigenvalue weighted by atomic mass is 9.98. The van der Waals surface area contributed by atoms with Gasteiger partial charge in [0, 0.05) is 74.5 Å². The van der Waals surface area contributed by atoms with Gasteiger partial charge in [-0.1, -0.05) is 42.0 Å². The number of hydrogen-bond donors (Lipinski definition) is 2. The van der Waals surface area contributed by atoms with Gasteiger partial charge < -0.3 is 20.4 Å². The van der Waals surface area contributed by atoms with Gasteiger partial charge in [0.25, 0.3) is 0 Å². The van der Waals surface area contributed by atoms with Crippen molar-refractivity contribution in [1.29, 1.82) is 0 Å². The normalized spacial score (nSPS) is 17.5. The number of piperidine rings is 1. The lowest BCUT2D eigenvalue weighted by Crippen LogP contribution is -2.45. The van der Waals surface area contributed by atoms with Gasteiger partial charge >= 0.3 is 6.36 Å². The minimum absolute atomic E-state index is 0.108. The molecule has 2 fully saturated rings. The molecule has 6 rings (SSSR count). The second kappa shape index (κ2) is 12.7. The summed E-state index contributed by atoms with van der Waals surface area (Å²) in [6.45, 7) is 10.1. The van der Waals surface area contributed by atoms with Crippen LogP contribution in [0.2, 0.25) is 0 Å². The van der Waals surface area contributed by atoms with E-state index in [2.05, 4.69) is 80.0 Å². The number of piperazine rings is 1. The molecule has 0 bridgehead atoms. The summed E-state index contributed by atoms with van der Waals surface area (Å²) in [6.07, 6.45) is -0.521. The average molecular weight is 592 g/mol. The van der Waals surface area contributed by atoms with Gasteiger partial charge in [-0.05, 0) is 79.4 Å². The first-order chi connectivity index (χ1) is 20.8. The number of benzene rings is 3. The quantitative estimate of drug-likeness (QED) is 0.255. The monoisotopic (exact) mass is 591 g/mol. The summed E-state index contributed by atoms with van der Waals surface area (Å²) in [5, 5.41) is 4.55. The fourth-order valence-electron chi connectivity index (χ4n) is 6.63. The van der Waals surface area contributed by atoms with Crippen LogP contribution in [0.1, 0.15) is 41.1 Å². The first-order valence-electron chi connectivity index (χ1n) is 15.2. The molecule has 3 N–H and O–H groups in total. The van der Waals surface area contributed by atoms with E-state index in [1.165, 1.54) is 28.8 Å². The number of aryl methyl sites for hydroxylation is 1. The summed E-state index contributed by atoms with van der Waals surface area (Å²) in [5.41, 5.74) is 13.6. The van der Waals surface area contributed by atoms with Gasteiger partial charge in [-0.2, -0.15) is 0 Å². The number of halogens is 3. The fraction of sp³-hybridized carbons (Fsp3) is 0.412. The third kappa shape index (κ3) is 7.07. The maximum atomic E-state index is 12.9. The van der Waals surface area contributed by atoms with Gasteiger partial charge in [0.2, 0.25) is 0 Å². The van der Waals surface area contributed by atoms with E-state index in [0.29, 0.717) is 11.6 Å². The molecule has 0 amide bonds. The summed E-state index contributed by atoms with van der Waals surface area (Å²) >= 11 is 0. The zero-order chi connectivity index (χ0) is 30.0. The minimum atomic E-state index is -4.75. The Morgan fingerprint density at radius 2 is 1.56 bits per heavy atom. The molecule has 0 spiro atoms. The highest BCUT2D eigenvalue weighted by atomic mass is 19.4. The predicted molar refractivity (Wildman–Crippen MR) is 165 cm³/mol. The van der Waals surface area contributed by atoms with E-state index in [-0.39, 0.29) is 12.3 Å². The van der Waals surface area contributed by atoms with Crippen molar-refractivity contribution in [2.24, 2.45) is 5.73 Å². The number of nitrogens with one attached hydrogen (secondary N) is 1. The molecule has 0 aliphatic carbocycles. The van der Waals surface area contributed by atoms with E-state index in [9.17, 15) is 13.2 Å². The molecule has 2 saturated heterocycles. The van der Waals surface area contributed by atoms with Crippen LogP contribution in [0.3, 0.4) is 0 Å². The molecule has 228 valence electrons. The zero-order valence-electron chi connectivity index (χ0n) is 24.7. The molecular weight excluding hydrogens is 551 g/mol. The van der Waals surface area contributed by atoms with E-state index in [1.807, 2.05) is 0 Å². The number of rotatable bonds is 8. The topological polar surface area (TPSA) is 58.7 Å². The summed E-state index contributed by atoms with van der Waals surface area (Å²) in [7, 11) is 0. The van der Waals surface area contributed by atoms with Crippen molar-refractivity contribution in [2.75, 3.05) is 39.3 Å². The molecule has 3 aromatic carbocycles. The SMILES string of the molecule is Cc1cccc(CN2CCN(Cc3ccc4c(c3)c(-c3ccc(OC(F)(F)F)cc3CN)cn4C3CCNCC3)CC2)c1. The fourth-order valence-corrected chi connectivity index (χ4v) is 6.63. The average Bonchev–Trinajstić information content (AvgIpc) is 3.36. The van der Waals surface area contributed by atoms with Crippen LogP contribution in [-0.4, -0.2) is 60.0 Å². The van der Waals surface area contributed by atoms with Crippen LogP contribution in [0.4, 0.5) is 13.2 Å². The van der Waals surface area contributed by atoms with Crippen LogP contribution in [-0.2, 0) is 19.6 Å². The Morgan fingerprint density at radius 3 is 2.21 bits per heavy atom. The molecule has 3 heterocycles. The number of hydrogen-bond acceptors (Lipinski definition) is 5. The molecule has 4 aromatic rings. The molecule has 2 aliphatic heterocycles. The Morgan fingerprint density at radius 1 is 0.860 bits per heavy atom. The molecule has 0 atom stereocenters. The number of nitrogens with zero attached hydrogens (tertiary/aromatic N) is 3. The predicted octanol–water partition coefficient (Wildman–Crippen LogP) is 6.22. The maximum Gasteiger partial charge on any atom is 0.573 e. The van der Waals surface area contributed by atoms with Crippen molar-refractivity contribution in [3.05, 3.63) is 89.1 Å². The Balaban J connectivity index is 1.26. The van der Waals surface area contributed by atoms with E-state index in [0.717, 1.165) is 87.2 Å². The van der Waals surface area contributed by atoms with Gasteiger partial charge in [0.1, 0.15) is 5.75 Å². The number of ether oxygens (including phenoxy) is 1. The molecule has 0 saturated carbocycles. The Bertz CT molecular complexity index is 1550. The minimum Gasteiger partial charge on any atom is -0.406 e. The third-order valence-electron chi connectivity index (χ3n) is 8.78. The highest BCUT2D eigenvalue weighted by Gasteiger charge is 2.31. The Labute approximate surface area is 251 Å². The van der Waals surface area contributed by atoms with Crippen molar-refractivity contribution in [3.63, 3.8) is 0 Å². The van der Waals surface area contributed by atoms with Crippen molar-refractivity contribution < 1.29 is 17.9 Å². The van der Waals surface area contributed by atoms with E-state index >= 15 is 0 Å². The van der Waals surface area contributed by atoms with Crippen molar-refractivity contribution in [3.8, 4) is 16.9 Å². The summed E-state index contributed by atoms with van der Waals surface area (Å²) in [4.78, 5) is 5.03. The first kappa shape index (κ1) is 29.7. The number of alkyl halides is 3. The number of fused-ring (bicyclic) bond motifs is 1. The van der Waals surface area contributed by atoms with Gasteiger partial charge in [-0.15, -0.1) is 13.2 Å². The van der Waals surface area contributed by atoms with Gasteiger partial charge in [0.05, 0.1) is 0 Å². The number of aromatic nitrogens is 1. The van der Waals surface area contributed by atoms with Crippen LogP contribution in [0.25, 0.3) is 22.0 Å². The number of nitrogens with two attached hydrogens (primary N) is 1. The van der Waals surface area contributed by atoms with Crippen LogP contribution >= 0.6 is 0 Å². The van der Waals surface area contributed by atoms with E-state index < -0.39 is 6.36 Å². The van der Waals surface area contributed by atoms with Crippen LogP contribution < -0.4 is 15.8 Å². The lowest BCUT2D eigenvalue weighted by Gasteiger charge is -2.34. The van der Waals surface area contributed by atoms with Crippen LogP contribution in [0.15, 0.2) is 66.9 Å². The molecule has 9 heteroatoms. The van der Waals surface area contributed by atoms with Crippen molar-refractivity contribution in [1.82, 2.24) is 19.7 Å². The molecular formula is C34H40F3N5O. The zero-order valence-corrected chi connectivity index (χ0v) is 24.7. The smallest absolute Gasteiger partial charge is 0.406 e. The van der Waals surface area contributed by atoms with Crippen molar-refractivity contribution >= 4 is 10.9 Å². The second-order valence-electron chi connectivity index (χ2n) is 11.9. The maximum absolute atomic E-state index is 12.9. The summed E-state index contributed by atoms with van der Waals surface area (Å²) in [6, 6.07) is 20.3. The first-order valence-corrected chi connectivity index (χ1v) is 15.2. The van der Waals surface area contributed by atoms with Gasteiger partial charge in [0.15, 0.2) is 0 Å². The van der Waals surface area contributed by atoms with E-state index in [1.54, 1.807) is 6.07 Å². The van der Waals surface area contributed by atoms with Crippen LogP contribution in [0, 0.1) is 6.92 Å². The van der Waals surface area contributed by atoms with E-state index in [4.69, 9.17) is 5.73 Å². The molecule has 0 radical (unpaired) electrons. The molecule has 2 aliphatic rings. The van der Waals surface area contributed by atoms with Crippen molar-refractivity contribution in [2.45, 2.75) is 51.8 Å². The highest BCUT2D eigenvalue weighted by molar-refractivity contribution is 5.97. The Kier molecular flexibility index (Phi) is 8.77. The van der Waals surface area contributed by atoms with Gasteiger partial charge in [-0.25, -0.2) is 0 Å². The molecule has 1 aromatic heterocycles. The molecule has 6 nitrogen and oxygen atoms in total. The Hall–Kier alpha value is -3.37. The van der Waals surface area contributed by atoms with Gasteiger partial charge in [-0.3, -0.25) is 9.80 Å². The summed E-state index contributed by atoms with van der Waals surface area (Å²) in [5.74, 6) is -0.249. The standard InChI is InChI=1S/C34H40F3N5O/c1-24-3-2-4-25(17-24)21-40-13-15-41(16-14-40)22-26-5-8-33-31(18-26)32(23-42(33)28-9-11-39-12-10-28)30-7-6-29(19-27(30)20-38)43-34(35,36)37/h2-8,17-19,23,28,39H,9-16,20-22,38H2,1H3. The lowest BCUT2D eigenvalue weighted by molar-refractivity contribution is -0.274. The summed E-state index contributed by atoms with van der Waals surface area (Å²) < 4.78 is 45.3. The molecule has 0 unspecified atom stereocenters. The molecule has 43 heavy (non-hydrogen) atoms.